The van der Waals surface area contributed by atoms with E-state index in [1.54, 1.807) is 24.6 Å². The fourth-order valence-electron chi connectivity index (χ4n) is 2.59. The minimum atomic E-state index is 0.772. The Morgan fingerprint density at radius 3 is 2.79 bits per heavy atom. The Morgan fingerprint density at radius 2 is 2.04 bits per heavy atom. The summed E-state index contributed by atoms with van der Waals surface area (Å²) in [6.45, 7) is 0.772. The van der Waals surface area contributed by atoms with Gasteiger partial charge >= 0.3 is 0 Å². The van der Waals surface area contributed by atoms with Crippen LogP contribution < -0.4 is 10.1 Å². The van der Waals surface area contributed by atoms with Gasteiger partial charge in [-0.05, 0) is 35.2 Å². The molecule has 0 aliphatic carbocycles. The number of nitrogens with one attached hydrogen (secondary N) is 1. The van der Waals surface area contributed by atoms with E-state index < -0.39 is 0 Å². The van der Waals surface area contributed by atoms with Crippen molar-refractivity contribution in [2.45, 2.75) is 6.54 Å². The lowest BCUT2D eigenvalue weighted by Crippen LogP contribution is -2.04. The van der Waals surface area contributed by atoms with E-state index in [-0.39, 0.29) is 0 Å². The third-order valence-electron chi connectivity index (χ3n) is 3.83. The van der Waals surface area contributed by atoms with Gasteiger partial charge in [0.25, 0.3) is 0 Å². The summed E-state index contributed by atoms with van der Waals surface area (Å²) < 4.78 is 7.06. The molecule has 0 atom stereocenters. The monoisotopic (exact) mass is 336 g/mol. The first kappa shape index (κ1) is 14.7. The highest BCUT2D eigenvalue weighted by Crippen LogP contribution is 2.26. The van der Waals surface area contributed by atoms with Crippen molar-refractivity contribution in [3.05, 3.63) is 65.1 Å². The molecule has 0 saturated carbocycles. The van der Waals surface area contributed by atoms with Gasteiger partial charge in [0.15, 0.2) is 5.65 Å². The molecule has 0 bridgehead atoms. The first-order chi connectivity index (χ1) is 11.8. The van der Waals surface area contributed by atoms with Crippen molar-refractivity contribution in [1.29, 1.82) is 0 Å². The number of nitrogens with zero attached hydrogens (tertiary/aromatic N) is 3. The molecule has 5 nitrogen and oxygen atoms in total. The van der Waals surface area contributed by atoms with Crippen LogP contribution in [0, 0.1) is 0 Å². The molecular formula is C18H16N4OS. The van der Waals surface area contributed by atoms with Gasteiger partial charge < -0.3 is 10.1 Å². The summed E-state index contributed by atoms with van der Waals surface area (Å²) in [6.07, 6.45) is 3.65. The van der Waals surface area contributed by atoms with E-state index in [4.69, 9.17) is 4.74 Å². The van der Waals surface area contributed by atoms with Crippen LogP contribution in [0.5, 0.6) is 5.75 Å². The first-order valence-electron chi connectivity index (χ1n) is 7.58. The van der Waals surface area contributed by atoms with Gasteiger partial charge in [-0.15, -0.1) is 11.3 Å². The molecule has 4 aromatic rings. The number of benzene rings is 1. The largest absolute Gasteiger partial charge is 0.497 e. The molecule has 1 N–H and O–H groups in total. The minimum Gasteiger partial charge on any atom is -0.497 e. The van der Waals surface area contributed by atoms with Crippen molar-refractivity contribution in [1.82, 2.24) is 14.6 Å². The normalized spacial score (nSPS) is 10.9. The van der Waals surface area contributed by atoms with Crippen molar-refractivity contribution in [2.75, 3.05) is 12.4 Å². The Labute approximate surface area is 143 Å². The third-order valence-corrected chi connectivity index (χ3v) is 4.70. The highest BCUT2D eigenvalue weighted by Gasteiger charge is 2.10. The molecule has 3 aromatic heterocycles. The molecule has 0 aliphatic rings. The fraction of sp³-hybridized carbons (Fsp3) is 0.111. The Morgan fingerprint density at radius 1 is 1.17 bits per heavy atom. The zero-order chi connectivity index (χ0) is 16.4. The summed E-state index contributed by atoms with van der Waals surface area (Å²) in [5, 5.41) is 10.0. The van der Waals surface area contributed by atoms with E-state index in [2.05, 4.69) is 32.9 Å². The average Bonchev–Trinajstić information content (AvgIpc) is 3.30. The number of anilines is 1. The van der Waals surface area contributed by atoms with Crippen LogP contribution in [0.2, 0.25) is 0 Å². The minimum absolute atomic E-state index is 0.772. The second-order valence-electron chi connectivity index (χ2n) is 5.29. The van der Waals surface area contributed by atoms with Gasteiger partial charge in [0, 0.05) is 16.6 Å². The fourth-order valence-corrected chi connectivity index (χ4v) is 3.24. The van der Waals surface area contributed by atoms with Crippen molar-refractivity contribution >= 4 is 22.8 Å². The molecule has 120 valence electrons. The molecule has 0 aliphatic heterocycles. The maximum Gasteiger partial charge on any atom is 0.165 e. The topological polar surface area (TPSA) is 51.5 Å². The Balaban J connectivity index is 1.67. The van der Waals surface area contributed by atoms with Crippen LogP contribution in [-0.2, 0) is 6.54 Å². The second-order valence-corrected chi connectivity index (χ2v) is 6.32. The first-order valence-corrected chi connectivity index (χ1v) is 8.46. The Hall–Kier alpha value is -2.86. The molecule has 0 saturated heterocycles. The predicted octanol–water partition coefficient (Wildman–Crippen LogP) is 4.08. The molecule has 3 heterocycles. The van der Waals surface area contributed by atoms with E-state index in [9.17, 15) is 0 Å². The van der Waals surface area contributed by atoms with Crippen LogP contribution in [0.4, 0.5) is 5.82 Å². The molecule has 0 amide bonds. The molecule has 24 heavy (non-hydrogen) atoms. The Kier molecular flexibility index (Phi) is 3.88. The van der Waals surface area contributed by atoms with Crippen molar-refractivity contribution in [3.8, 4) is 16.9 Å². The number of hydrogen-bond acceptors (Lipinski definition) is 5. The van der Waals surface area contributed by atoms with Gasteiger partial charge in [0.2, 0.25) is 0 Å². The van der Waals surface area contributed by atoms with Crippen molar-refractivity contribution in [2.24, 2.45) is 0 Å². The summed E-state index contributed by atoms with van der Waals surface area (Å²) >= 11 is 1.73. The highest BCUT2D eigenvalue weighted by atomic mass is 32.1. The number of fused-ring (bicyclic) bond motifs is 1. The van der Waals surface area contributed by atoms with E-state index in [0.29, 0.717) is 0 Å². The van der Waals surface area contributed by atoms with Crippen LogP contribution in [0.1, 0.15) is 4.88 Å². The van der Waals surface area contributed by atoms with Gasteiger partial charge in [0.05, 0.1) is 19.9 Å². The van der Waals surface area contributed by atoms with Gasteiger partial charge in [-0.1, -0.05) is 18.2 Å². The lowest BCUT2D eigenvalue weighted by atomic mass is 10.1. The molecule has 0 spiro atoms. The van der Waals surface area contributed by atoms with Gasteiger partial charge in [-0.25, -0.2) is 4.98 Å². The summed E-state index contributed by atoms with van der Waals surface area (Å²) in [5.74, 6) is 1.76. The zero-order valence-electron chi connectivity index (χ0n) is 13.1. The molecule has 4 rings (SSSR count). The average molecular weight is 336 g/mol. The smallest absolute Gasteiger partial charge is 0.165 e. The lowest BCUT2D eigenvalue weighted by molar-refractivity contribution is 0.415. The van der Waals surface area contributed by atoms with E-state index in [0.717, 1.165) is 34.9 Å². The predicted molar refractivity (Wildman–Crippen MR) is 96.6 cm³/mol. The van der Waals surface area contributed by atoms with Crippen LogP contribution >= 0.6 is 11.3 Å². The summed E-state index contributed by atoms with van der Waals surface area (Å²) in [6, 6.07) is 14.0. The SMILES string of the molecule is COc1ccc(-c2cnn3c(NCc4cccs4)ccnc23)cc1. The highest BCUT2D eigenvalue weighted by molar-refractivity contribution is 7.09. The van der Waals surface area contributed by atoms with E-state index >= 15 is 0 Å². The summed E-state index contributed by atoms with van der Waals surface area (Å²) in [7, 11) is 1.66. The quantitative estimate of drug-likeness (QED) is 0.597. The van der Waals surface area contributed by atoms with Gasteiger partial charge in [0.1, 0.15) is 11.6 Å². The third kappa shape index (κ3) is 2.72. The number of rotatable bonds is 5. The van der Waals surface area contributed by atoms with Crippen LogP contribution in [0.15, 0.2) is 60.2 Å². The number of hydrogen-bond donors (Lipinski definition) is 1. The van der Waals surface area contributed by atoms with Crippen LogP contribution in [-0.4, -0.2) is 21.7 Å². The molecule has 6 heteroatoms. The van der Waals surface area contributed by atoms with Crippen molar-refractivity contribution < 1.29 is 4.74 Å². The molecular weight excluding hydrogens is 320 g/mol. The maximum absolute atomic E-state index is 5.21. The van der Waals surface area contributed by atoms with Crippen LogP contribution in [0.25, 0.3) is 16.8 Å². The Bertz CT molecular complexity index is 945. The van der Waals surface area contributed by atoms with E-state index in [1.807, 2.05) is 41.0 Å². The van der Waals surface area contributed by atoms with Crippen molar-refractivity contribution in [3.63, 3.8) is 0 Å². The second kappa shape index (κ2) is 6.33. The molecule has 0 radical (unpaired) electrons. The lowest BCUT2D eigenvalue weighted by Gasteiger charge is -2.07. The number of methoxy groups -OCH3 is 1. The summed E-state index contributed by atoms with van der Waals surface area (Å²) in [4.78, 5) is 5.78. The number of ether oxygens (including phenoxy) is 1. The standard InChI is InChI=1S/C18H16N4OS/c1-23-14-6-4-13(5-7-14)16-12-21-22-17(8-9-19-18(16)22)20-11-15-3-2-10-24-15/h2-10,12,20H,11H2,1H3. The molecule has 0 fully saturated rings. The summed E-state index contributed by atoms with van der Waals surface area (Å²) in [5.41, 5.74) is 2.89. The maximum atomic E-state index is 5.21. The van der Waals surface area contributed by atoms with Gasteiger partial charge in [-0.3, -0.25) is 0 Å². The number of thiophene rings is 1. The van der Waals surface area contributed by atoms with Crippen LogP contribution in [0.3, 0.4) is 0 Å². The molecule has 0 unspecified atom stereocenters. The zero-order valence-corrected chi connectivity index (χ0v) is 14.0. The molecule has 1 aromatic carbocycles. The van der Waals surface area contributed by atoms with Gasteiger partial charge in [-0.2, -0.15) is 9.61 Å². The number of aromatic nitrogens is 3. The van der Waals surface area contributed by atoms with E-state index in [1.165, 1.54) is 4.88 Å².